The van der Waals surface area contributed by atoms with Gasteiger partial charge in [-0.15, -0.1) is 0 Å². The summed E-state index contributed by atoms with van der Waals surface area (Å²) in [7, 11) is 1.73. The number of imidazole rings is 1. The molecule has 0 bridgehead atoms. The van der Waals surface area contributed by atoms with Gasteiger partial charge in [0.2, 0.25) is 5.95 Å². The molecular weight excluding hydrogens is 254 g/mol. The number of fused-ring (bicyclic) bond motifs is 1. The molecule has 0 radical (unpaired) electrons. The molecule has 2 aromatic heterocycles. The van der Waals surface area contributed by atoms with Crippen LogP contribution in [0.4, 0.5) is 5.95 Å². The van der Waals surface area contributed by atoms with Crippen molar-refractivity contribution >= 4 is 17.1 Å². The number of nitrogen functional groups attached to an aromatic ring is 1. The first-order chi connectivity index (χ1) is 9.39. The Kier molecular flexibility index (Phi) is 4.04. The summed E-state index contributed by atoms with van der Waals surface area (Å²) in [6.07, 6.45) is 0.974. The first kappa shape index (κ1) is 14.8. The number of aromatic nitrogens is 4. The van der Waals surface area contributed by atoms with Gasteiger partial charge in [-0.3, -0.25) is 4.57 Å². The van der Waals surface area contributed by atoms with E-state index < -0.39 is 0 Å². The van der Waals surface area contributed by atoms with E-state index in [9.17, 15) is 0 Å². The highest BCUT2D eigenvalue weighted by Crippen LogP contribution is 2.28. The van der Waals surface area contributed by atoms with Crippen LogP contribution in [0.15, 0.2) is 0 Å². The minimum Gasteiger partial charge on any atom is -0.385 e. The average Bonchev–Trinajstić information content (AvgIpc) is 2.86. The zero-order valence-electron chi connectivity index (χ0n) is 13.1. The number of aryl methyl sites for hydroxylation is 2. The van der Waals surface area contributed by atoms with E-state index in [1.165, 1.54) is 0 Å². The van der Waals surface area contributed by atoms with E-state index in [1.807, 2.05) is 11.6 Å². The Morgan fingerprint density at radius 2 is 2.05 bits per heavy atom. The van der Waals surface area contributed by atoms with Crippen LogP contribution in [0.1, 0.15) is 32.9 Å². The van der Waals surface area contributed by atoms with Gasteiger partial charge in [0.1, 0.15) is 5.52 Å². The van der Waals surface area contributed by atoms with E-state index in [-0.39, 0.29) is 5.41 Å². The van der Waals surface area contributed by atoms with Crippen LogP contribution in [0.2, 0.25) is 0 Å². The number of nitrogens with two attached hydrogens (primary N) is 1. The maximum Gasteiger partial charge on any atom is 0.202 e. The molecule has 112 valence electrons. The number of ether oxygens (including phenoxy) is 1. The number of anilines is 1. The predicted molar refractivity (Wildman–Crippen MR) is 80.6 cm³/mol. The minimum atomic E-state index is 0.0918. The number of hydrogen-bond acceptors (Lipinski definition) is 4. The first-order valence-electron chi connectivity index (χ1n) is 7.07. The Morgan fingerprint density at radius 1 is 1.35 bits per heavy atom. The van der Waals surface area contributed by atoms with Crippen LogP contribution in [-0.2, 0) is 17.8 Å². The van der Waals surface area contributed by atoms with E-state index in [0.29, 0.717) is 5.95 Å². The van der Waals surface area contributed by atoms with Crippen LogP contribution >= 0.6 is 0 Å². The third-order valence-electron chi connectivity index (χ3n) is 3.70. The average molecular weight is 279 g/mol. The third-order valence-corrected chi connectivity index (χ3v) is 3.70. The largest absolute Gasteiger partial charge is 0.385 e. The Labute approximate surface area is 119 Å². The quantitative estimate of drug-likeness (QED) is 0.880. The van der Waals surface area contributed by atoms with Crippen LogP contribution in [0.25, 0.3) is 11.2 Å². The maximum absolute atomic E-state index is 6.11. The number of nitrogens with zero attached hydrogens (tertiary/aromatic N) is 4. The van der Waals surface area contributed by atoms with Crippen molar-refractivity contribution in [3.63, 3.8) is 0 Å². The Hall–Kier alpha value is -1.56. The summed E-state index contributed by atoms with van der Waals surface area (Å²) in [5.41, 5.74) is 9.06. The highest BCUT2D eigenvalue weighted by molar-refractivity contribution is 5.77. The van der Waals surface area contributed by atoms with Gasteiger partial charge in [0.25, 0.3) is 0 Å². The summed E-state index contributed by atoms with van der Waals surface area (Å²) in [6, 6.07) is 0. The van der Waals surface area contributed by atoms with Crippen molar-refractivity contribution < 1.29 is 4.74 Å². The molecule has 0 saturated heterocycles. The first-order valence-corrected chi connectivity index (χ1v) is 7.07. The number of rotatable bonds is 6. The Morgan fingerprint density at radius 3 is 2.65 bits per heavy atom. The van der Waals surface area contributed by atoms with E-state index >= 15 is 0 Å². The summed E-state index contributed by atoms with van der Waals surface area (Å²) < 4.78 is 9.24. The van der Waals surface area contributed by atoms with Crippen molar-refractivity contribution in [1.29, 1.82) is 0 Å². The molecule has 0 amide bonds. The lowest BCUT2D eigenvalue weighted by molar-refractivity contribution is 0.143. The standard InChI is InChI=1S/C14H25N5O/c1-6-19-12-11(10(2)17-19)16-13(15)18(12)9-14(3,4)7-8-20-5/h6-9H2,1-5H3,(H2,15,16). The molecule has 0 saturated carbocycles. The van der Waals surface area contributed by atoms with Crippen molar-refractivity contribution in [2.45, 2.75) is 47.2 Å². The molecule has 6 nitrogen and oxygen atoms in total. The zero-order valence-corrected chi connectivity index (χ0v) is 13.1. The van der Waals surface area contributed by atoms with Crippen molar-refractivity contribution in [3.05, 3.63) is 5.69 Å². The molecule has 2 heterocycles. The second-order valence-corrected chi connectivity index (χ2v) is 6.04. The summed E-state index contributed by atoms with van der Waals surface area (Å²) in [5.74, 6) is 0.563. The third kappa shape index (κ3) is 2.65. The van der Waals surface area contributed by atoms with Gasteiger partial charge >= 0.3 is 0 Å². The molecule has 0 unspecified atom stereocenters. The highest BCUT2D eigenvalue weighted by Gasteiger charge is 2.24. The van der Waals surface area contributed by atoms with Crippen LogP contribution in [0.5, 0.6) is 0 Å². The maximum atomic E-state index is 6.11. The Balaban J connectivity index is 2.40. The molecule has 0 spiro atoms. The van der Waals surface area contributed by atoms with Crippen molar-refractivity contribution in [1.82, 2.24) is 19.3 Å². The summed E-state index contributed by atoms with van der Waals surface area (Å²) in [5, 5.41) is 4.52. The number of methoxy groups -OCH3 is 1. The molecule has 2 rings (SSSR count). The van der Waals surface area contributed by atoms with Crippen LogP contribution in [0, 0.1) is 12.3 Å². The summed E-state index contributed by atoms with van der Waals surface area (Å²) >= 11 is 0. The smallest absolute Gasteiger partial charge is 0.202 e. The van der Waals surface area contributed by atoms with Gasteiger partial charge in [-0.2, -0.15) is 5.10 Å². The van der Waals surface area contributed by atoms with Gasteiger partial charge in [-0.05, 0) is 25.7 Å². The van der Waals surface area contributed by atoms with Gasteiger partial charge in [0, 0.05) is 26.8 Å². The van der Waals surface area contributed by atoms with Gasteiger partial charge in [0.05, 0.1) is 5.69 Å². The van der Waals surface area contributed by atoms with E-state index in [2.05, 4.69) is 35.4 Å². The van der Waals surface area contributed by atoms with Gasteiger partial charge in [-0.25, -0.2) is 9.67 Å². The SMILES string of the molecule is CCn1nc(C)c2nc(N)n(CC(C)(C)CCOC)c21. The predicted octanol–water partition coefficient (Wildman–Crippen LogP) is 2.21. The minimum absolute atomic E-state index is 0.0918. The molecule has 20 heavy (non-hydrogen) atoms. The zero-order chi connectivity index (χ0) is 14.9. The van der Waals surface area contributed by atoms with E-state index in [1.54, 1.807) is 7.11 Å². The number of hydrogen-bond donors (Lipinski definition) is 1. The fourth-order valence-electron chi connectivity index (χ4n) is 2.50. The Bertz CT molecular complexity index is 596. The summed E-state index contributed by atoms with van der Waals surface area (Å²) in [6.45, 7) is 10.9. The molecular formula is C14H25N5O. The highest BCUT2D eigenvalue weighted by atomic mass is 16.5. The molecule has 0 aliphatic rings. The van der Waals surface area contributed by atoms with Crippen molar-refractivity contribution in [2.24, 2.45) is 5.41 Å². The molecule has 2 N–H and O–H groups in total. The molecule has 0 aromatic carbocycles. The second kappa shape index (κ2) is 5.44. The van der Waals surface area contributed by atoms with Gasteiger partial charge in [-0.1, -0.05) is 13.8 Å². The monoisotopic (exact) mass is 279 g/mol. The normalized spacial score (nSPS) is 12.4. The lowest BCUT2D eigenvalue weighted by atomic mass is 9.89. The van der Waals surface area contributed by atoms with E-state index in [4.69, 9.17) is 10.5 Å². The molecule has 6 heteroatoms. The van der Waals surface area contributed by atoms with Crippen LogP contribution < -0.4 is 5.73 Å². The molecule has 0 aliphatic heterocycles. The van der Waals surface area contributed by atoms with Crippen molar-refractivity contribution in [2.75, 3.05) is 19.5 Å². The van der Waals surface area contributed by atoms with Crippen LogP contribution in [0.3, 0.4) is 0 Å². The molecule has 0 atom stereocenters. The van der Waals surface area contributed by atoms with Gasteiger partial charge in [0.15, 0.2) is 5.65 Å². The molecule has 2 aromatic rings. The second-order valence-electron chi connectivity index (χ2n) is 6.04. The fraction of sp³-hybridized carbons (Fsp3) is 0.714. The summed E-state index contributed by atoms with van der Waals surface area (Å²) in [4.78, 5) is 4.47. The topological polar surface area (TPSA) is 70.9 Å². The van der Waals surface area contributed by atoms with E-state index in [0.717, 1.165) is 43.0 Å². The fourth-order valence-corrected chi connectivity index (χ4v) is 2.50. The lowest BCUT2D eigenvalue weighted by Crippen LogP contribution is -2.23. The lowest BCUT2D eigenvalue weighted by Gasteiger charge is -2.25. The van der Waals surface area contributed by atoms with Crippen LogP contribution in [-0.4, -0.2) is 33.0 Å². The molecule has 0 fully saturated rings. The van der Waals surface area contributed by atoms with Gasteiger partial charge < -0.3 is 10.5 Å². The molecule has 0 aliphatic carbocycles. The van der Waals surface area contributed by atoms with Crippen molar-refractivity contribution in [3.8, 4) is 0 Å².